The van der Waals surface area contributed by atoms with Crippen LogP contribution in [0.5, 0.6) is 0 Å². The zero-order valence-corrected chi connectivity index (χ0v) is 4.73. The maximum Gasteiger partial charge on any atom is 0.116 e. The lowest BCUT2D eigenvalue weighted by molar-refractivity contribution is 0.256. The van der Waals surface area contributed by atoms with E-state index in [0.29, 0.717) is 5.92 Å². The van der Waals surface area contributed by atoms with Gasteiger partial charge in [0.05, 0.1) is 0 Å². The minimum Gasteiger partial charge on any atom is -0.311 e. The van der Waals surface area contributed by atoms with Crippen molar-refractivity contribution in [1.82, 2.24) is 5.32 Å². The van der Waals surface area contributed by atoms with Crippen LogP contribution in [0, 0.1) is 5.92 Å². The van der Waals surface area contributed by atoms with Crippen LogP contribution in [-0.2, 0) is 0 Å². The van der Waals surface area contributed by atoms with Gasteiger partial charge in [-0.05, 0) is 25.3 Å². The molecule has 1 aliphatic carbocycles. The van der Waals surface area contributed by atoms with E-state index in [0.717, 1.165) is 19.4 Å². The van der Waals surface area contributed by atoms with E-state index in [9.17, 15) is 4.39 Å². The molecule has 3 atom stereocenters. The van der Waals surface area contributed by atoms with Gasteiger partial charge in [0.15, 0.2) is 0 Å². The number of nitrogens with one attached hydrogen (secondary N) is 1. The minimum atomic E-state index is -0.534. The maximum atomic E-state index is 12.6. The molecule has 0 unspecified atom stereocenters. The fraction of sp³-hybridized carbons (Fsp3) is 1.00. The van der Waals surface area contributed by atoms with Gasteiger partial charge in [0.25, 0.3) is 0 Å². The van der Waals surface area contributed by atoms with Crippen molar-refractivity contribution in [3.8, 4) is 0 Å². The van der Waals surface area contributed by atoms with E-state index in [1.165, 1.54) is 0 Å². The molecular formula is C6H10FN. The first-order valence-electron chi connectivity index (χ1n) is 3.24. The van der Waals surface area contributed by atoms with Gasteiger partial charge in [-0.15, -0.1) is 0 Å². The van der Waals surface area contributed by atoms with Crippen LogP contribution in [0.25, 0.3) is 0 Å². The van der Waals surface area contributed by atoms with Gasteiger partial charge in [-0.3, -0.25) is 0 Å². The molecule has 8 heavy (non-hydrogen) atoms. The number of fused-ring (bicyclic) bond motifs is 2. The molecule has 0 radical (unpaired) electrons. The molecule has 2 rings (SSSR count). The molecule has 1 saturated carbocycles. The highest BCUT2D eigenvalue weighted by molar-refractivity contribution is 4.95. The van der Waals surface area contributed by atoms with E-state index in [4.69, 9.17) is 0 Å². The van der Waals surface area contributed by atoms with Crippen molar-refractivity contribution in [2.45, 2.75) is 25.1 Å². The van der Waals surface area contributed by atoms with E-state index in [2.05, 4.69) is 5.32 Å². The second kappa shape index (κ2) is 1.44. The summed E-state index contributed by atoms with van der Waals surface area (Å²) in [5, 5.41) is 3.13. The predicted octanol–water partition coefficient (Wildman–Crippen LogP) is 0.706. The first-order chi connectivity index (χ1) is 3.86. The molecule has 1 aliphatic heterocycles. The normalized spacial score (nSPS) is 52.9. The van der Waals surface area contributed by atoms with E-state index < -0.39 is 6.17 Å². The molecule has 0 aromatic carbocycles. The molecule has 2 aliphatic rings. The van der Waals surface area contributed by atoms with E-state index in [-0.39, 0.29) is 6.04 Å². The third-order valence-corrected chi connectivity index (χ3v) is 2.25. The molecule has 2 heteroatoms. The van der Waals surface area contributed by atoms with Crippen LogP contribution in [0.1, 0.15) is 12.8 Å². The molecule has 0 aromatic heterocycles. The van der Waals surface area contributed by atoms with Crippen LogP contribution in [0.3, 0.4) is 0 Å². The Balaban J connectivity index is 2.11. The van der Waals surface area contributed by atoms with Crippen LogP contribution in [0.15, 0.2) is 0 Å². The minimum absolute atomic E-state index is 0.222. The molecular weight excluding hydrogens is 105 g/mol. The number of piperidine rings is 1. The van der Waals surface area contributed by atoms with Crippen molar-refractivity contribution >= 4 is 0 Å². The Labute approximate surface area is 48.3 Å². The summed E-state index contributed by atoms with van der Waals surface area (Å²) in [7, 11) is 0. The van der Waals surface area contributed by atoms with Crippen molar-refractivity contribution in [2.24, 2.45) is 5.92 Å². The molecule has 0 aromatic rings. The quantitative estimate of drug-likeness (QED) is 0.490. The zero-order valence-electron chi connectivity index (χ0n) is 4.73. The smallest absolute Gasteiger partial charge is 0.116 e. The van der Waals surface area contributed by atoms with E-state index in [1.54, 1.807) is 0 Å². The van der Waals surface area contributed by atoms with E-state index >= 15 is 0 Å². The molecule has 46 valence electrons. The summed E-state index contributed by atoms with van der Waals surface area (Å²) in [6.45, 7) is 1.06. The monoisotopic (exact) mass is 115 g/mol. The van der Waals surface area contributed by atoms with Crippen LogP contribution < -0.4 is 5.32 Å². The van der Waals surface area contributed by atoms with Crippen LogP contribution in [0.4, 0.5) is 4.39 Å². The van der Waals surface area contributed by atoms with Gasteiger partial charge >= 0.3 is 0 Å². The Morgan fingerprint density at radius 1 is 1.38 bits per heavy atom. The molecule has 0 amide bonds. The van der Waals surface area contributed by atoms with Crippen LogP contribution in [0.2, 0.25) is 0 Å². The lowest BCUT2D eigenvalue weighted by Crippen LogP contribution is -2.33. The third kappa shape index (κ3) is 0.494. The summed E-state index contributed by atoms with van der Waals surface area (Å²) >= 11 is 0. The first-order valence-corrected chi connectivity index (χ1v) is 3.24. The molecule has 2 bridgehead atoms. The molecule has 2 fully saturated rings. The van der Waals surface area contributed by atoms with E-state index in [1.807, 2.05) is 0 Å². The number of hydrogen-bond donors (Lipinski definition) is 1. The largest absolute Gasteiger partial charge is 0.311 e. The Hall–Kier alpha value is -0.110. The highest BCUT2D eigenvalue weighted by Gasteiger charge is 2.39. The van der Waals surface area contributed by atoms with Gasteiger partial charge in [-0.2, -0.15) is 0 Å². The average molecular weight is 115 g/mol. The van der Waals surface area contributed by atoms with Gasteiger partial charge in [-0.1, -0.05) is 0 Å². The summed E-state index contributed by atoms with van der Waals surface area (Å²) in [5.41, 5.74) is 0. The van der Waals surface area contributed by atoms with Crippen molar-refractivity contribution in [3.63, 3.8) is 0 Å². The predicted molar refractivity (Wildman–Crippen MR) is 29.4 cm³/mol. The van der Waals surface area contributed by atoms with Crippen molar-refractivity contribution < 1.29 is 4.39 Å². The van der Waals surface area contributed by atoms with Crippen LogP contribution >= 0.6 is 0 Å². The van der Waals surface area contributed by atoms with Gasteiger partial charge in [0, 0.05) is 6.04 Å². The molecule has 1 nitrogen and oxygen atoms in total. The highest BCUT2D eigenvalue weighted by Crippen LogP contribution is 2.32. The van der Waals surface area contributed by atoms with Crippen molar-refractivity contribution in [2.75, 3.05) is 6.54 Å². The summed E-state index contributed by atoms with van der Waals surface area (Å²) in [6.07, 6.45) is 1.37. The Morgan fingerprint density at radius 3 is 2.50 bits per heavy atom. The Kier molecular flexibility index (Phi) is 0.852. The lowest BCUT2D eigenvalue weighted by Gasteiger charge is -2.14. The summed E-state index contributed by atoms with van der Waals surface area (Å²) in [5.74, 6) is 0.662. The second-order valence-electron chi connectivity index (χ2n) is 2.87. The fourth-order valence-corrected chi connectivity index (χ4v) is 1.78. The average Bonchev–Trinajstić information content (AvgIpc) is 2.23. The van der Waals surface area contributed by atoms with Gasteiger partial charge < -0.3 is 5.32 Å². The topological polar surface area (TPSA) is 12.0 Å². The lowest BCUT2D eigenvalue weighted by atomic mass is 10.1. The SMILES string of the molecule is F[C@@H]1C[C@H]2CN[C@@H]1C2. The standard InChI is InChI=1S/C6H10FN/c7-5-1-4-2-6(5)8-3-4/h4-6,8H,1-3H2/t4-,5-,6-/m1/s1. The van der Waals surface area contributed by atoms with Gasteiger partial charge in [0.1, 0.15) is 6.17 Å². The molecule has 1 heterocycles. The number of halogens is 1. The highest BCUT2D eigenvalue weighted by atomic mass is 19.1. The van der Waals surface area contributed by atoms with Crippen LogP contribution in [-0.4, -0.2) is 18.8 Å². The van der Waals surface area contributed by atoms with Crippen molar-refractivity contribution in [3.05, 3.63) is 0 Å². The van der Waals surface area contributed by atoms with Crippen molar-refractivity contribution in [1.29, 1.82) is 0 Å². The maximum absolute atomic E-state index is 12.6. The number of rotatable bonds is 0. The van der Waals surface area contributed by atoms with Gasteiger partial charge in [-0.25, -0.2) is 4.39 Å². The number of alkyl halides is 1. The Morgan fingerprint density at radius 2 is 2.25 bits per heavy atom. The third-order valence-electron chi connectivity index (χ3n) is 2.25. The first kappa shape index (κ1) is 4.74. The summed E-state index contributed by atoms with van der Waals surface area (Å²) in [6, 6.07) is 0.222. The zero-order chi connectivity index (χ0) is 5.56. The number of hydrogen-bond acceptors (Lipinski definition) is 1. The molecule has 1 saturated heterocycles. The Bertz CT molecular complexity index is 103. The summed E-state index contributed by atoms with van der Waals surface area (Å²) in [4.78, 5) is 0. The van der Waals surface area contributed by atoms with Gasteiger partial charge in [0.2, 0.25) is 0 Å². The molecule has 0 spiro atoms. The fourth-order valence-electron chi connectivity index (χ4n) is 1.78. The molecule has 1 N–H and O–H groups in total. The summed E-state index contributed by atoms with van der Waals surface area (Å²) < 4.78 is 12.6. The second-order valence-corrected chi connectivity index (χ2v) is 2.87.